The summed E-state index contributed by atoms with van der Waals surface area (Å²) in [5.74, 6) is 0.178. The maximum Gasteiger partial charge on any atom is 0.277 e. The van der Waals surface area contributed by atoms with Crippen LogP contribution in [-0.2, 0) is 14.8 Å². The molecule has 0 saturated carbocycles. The molecular weight excluding hydrogens is 364 g/mol. The van der Waals surface area contributed by atoms with Crippen molar-refractivity contribution < 1.29 is 17.7 Å². The minimum Gasteiger partial charge on any atom is -0.335 e. The van der Waals surface area contributed by atoms with E-state index < -0.39 is 10.0 Å². The molecule has 4 fully saturated rings. The summed E-state index contributed by atoms with van der Waals surface area (Å²) in [6.45, 7) is 10.7. The van der Waals surface area contributed by atoms with Crippen LogP contribution in [0.1, 0.15) is 5.56 Å². The fourth-order valence-electron chi connectivity index (χ4n) is 4.39. The van der Waals surface area contributed by atoms with E-state index in [0.717, 1.165) is 49.3 Å². The minimum absolute atomic E-state index is 0.178. The molecule has 148 valence electrons. The van der Waals surface area contributed by atoms with E-state index in [1.54, 1.807) is 12.1 Å². The summed E-state index contributed by atoms with van der Waals surface area (Å²) in [6, 6.07) is 6.96. The van der Waals surface area contributed by atoms with E-state index in [2.05, 4.69) is 4.90 Å². The molecule has 4 heterocycles. The number of piperazine rings is 4. The monoisotopic (exact) mass is 393 g/mol. The Labute approximate surface area is 161 Å². The molecule has 2 bridgehead atoms. The van der Waals surface area contributed by atoms with Crippen molar-refractivity contribution in [3.8, 4) is 0 Å². The van der Waals surface area contributed by atoms with Crippen LogP contribution >= 0.6 is 0 Å². The van der Waals surface area contributed by atoms with Crippen molar-refractivity contribution in [3.05, 3.63) is 29.8 Å². The summed E-state index contributed by atoms with van der Waals surface area (Å²) in [6.07, 6.45) is 0. The number of sulfonamides is 1. The van der Waals surface area contributed by atoms with Crippen molar-refractivity contribution in [1.29, 1.82) is 0 Å². The SMILES string of the molecule is Cc1ccc(S(=O)(=O)N2CCN(C(=O)C[N+]34CCN(CC3)CC4)CC2)cc1. The lowest BCUT2D eigenvalue weighted by Crippen LogP contribution is -2.69. The van der Waals surface area contributed by atoms with Gasteiger partial charge < -0.3 is 9.38 Å². The Morgan fingerprint density at radius 2 is 1.48 bits per heavy atom. The number of rotatable bonds is 4. The molecule has 1 amide bonds. The predicted octanol–water partition coefficient (Wildman–Crippen LogP) is -0.0261. The molecule has 0 radical (unpaired) electrons. The number of hydrogen-bond acceptors (Lipinski definition) is 4. The topological polar surface area (TPSA) is 60.9 Å². The van der Waals surface area contributed by atoms with Gasteiger partial charge in [0.2, 0.25) is 10.0 Å². The largest absolute Gasteiger partial charge is 0.335 e. The zero-order chi connectivity index (χ0) is 19.1. The lowest BCUT2D eigenvalue weighted by molar-refractivity contribution is -0.934. The second kappa shape index (κ2) is 7.16. The van der Waals surface area contributed by atoms with Crippen LogP contribution in [0, 0.1) is 6.92 Å². The third kappa shape index (κ3) is 3.76. The first-order valence-electron chi connectivity index (χ1n) is 9.80. The zero-order valence-electron chi connectivity index (χ0n) is 16.0. The molecule has 0 unspecified atom stereocenters. The molecule has 8 heteroatoms. The molecule has 1 aromatic carbocycles. The summed E-state index contributed by atoms with van der Waals surface area (Å²) >= 11 is 0. The lowest BCUT2D eigenvalue weighted by atomic mass is 10.1. The highest BCUT2D eigenvalue weighted by Gasteiger charge is 2.41. The third-order valence-electron chi connectivity index (χ3n) is 6.39. The molecular formula is C19H29N4O3S+. The van der Waals surface area contributed by atoms with Gasteiger partial charge in [0.25, 0.3) is 5.91 Å². The van der Waals surface area contributed by atoms with Crippen molar-refractivity contribution in [3.63, 3.8) is 0 Å². The van der Waals surface area contributed by atoms with Crippen LogP contribution in [-0.4, -0.2) is 105 Å². The average Bonchev–Trinajstić information content (AvgIpc) is 2.69. The number of nitrogens with zero attached hydrogens (tertiary/aromatic N) is 4. The van der Waals surface area contributed by atoms with E-state index in [4.69, 9.17) is 0 Å². The van der Waals surface area contributed by atoms with Crippen LogP contribution in [0.3, 0.4) is 0 Å². The number of benzene rings is 1. The summed E-state index contributed by atoms with van der Waals surface area (Å²) < 4.78 is 28.0. The van der Waals surface area contributed by atoms with Crippen molar-refractivity contribution in [2.75, 3.05) is 72.0 Å². The summed E-state index contributed by atoms with van der Waals surface area (Å²) in [5.41, 5.74) is 1.04. The number of quaternary nitrogens is 1. The smallest absolute Gasteiger partial charge is 0.277 e. The number of hydrogen-bond donors (Lipinski definition) is 0. The molecule has 7 nitrogen and oxygen atoms in total. The first kappa shape index (κ1) is 18.9. The second-order valence-electron chi connectivity index (χ2n) is 8.11. The number of aryl methyl sites for hydroxylation is 1. The van der Waals surface area contributed by atoms with Gasteiger partial charge in [0.15, 0.2) is 6.54 Å². The predicted molar refractivity (Wildman–Crippen MR) is 103 cm³/mol. The Morgan fingerprint density at radius 3 is 2.04 bits per heavy atom. The lowest BCUT2D eigenvalue weighted by Gasteiger charge is -2.50. The van der Waals surface area contributed by atoms with Gasteiger partial charge in [-0.05, 0) is 19.1 Å². The first-order chi connectivity index (χ1) is 12.9. The van der Waals surface area contributed by atoms with Crippen LogP contribution in [0.2, 0.25) is 0 Å². The van der Waals surface area contributed by atoms with Gasteiger partial charge >= 0.3 is 0 Å². The van der Waals surface area contributed by atoms with E-state index in [9.17, 15) is 13.2 Å². The van der Waals surface area contributed by atoms with Crippen molar-refractivity contribution >= 4 is 15.9 Å². The maximum absolute atomic E-state index is 12.8. The number of fused-ring (bicyclic) bond motifs is 3. The fraction of sp³-hybridized carbons (Fsp3) is 0.632. The highest BCUT2D eigenvalue weighted by atomic mass is 32.2. The molecule has 0 spiro atoms. The molecule has 0 aromatic heterocycles. The van der Waals surface area contributed by atoms with Gasteiger partial charge in [-0.2, -0.15) is 4.31 Å². The Hall–Kier alpha value is -1.48. The Balaban J connectivity index is 1.35. The number of amides is 1. The number of carbonyl (C=O) groups excluding carboxylic acids is 1. The molecule has 0 atom stereocenters. The zero-order valence-corrected chi connectivity index (χ0v) is 16.8. The molecule has 0 N–H and O–H groups in total. The van der Waals surface area contributed by atoms with Crippen molar-refractivity contribution in [1.82, 2.24) is 14.1 Å². The number of carbonyl (C=O) groups is 1. The highest BCUT2D eigenvalue weighted by molar-refractivity contribution is 7.89. The highest BCUT2D eigenvalue weighted by Crippen LogP contribution is 2.21. The van der Waals surface area contributed by atoms with Crippen molar-refractivity contribution in [2.45, 2.75) is 11.8 Å². The van der Waals surface area contributed by atoms with Crippen LogP contribution in [0.25, 0.3) is 0 Å². The third-order valence-corrected chi connectivity index (χ3v) is 8.31. The summed E-state index contributed by atoms with van der Waals surface area (Å²) in [5, 5.41) is 0. The van der Waals surface area contributed by atoms with Crippen LogP contribution in [0.15, 0.2) is 29.2 Å². The minimum atomic E-state index is -3.48. The van der Waals surface area contributed by atoms with Crippen LogP contribution in [0.4, 0.5) is 0 Å². The van der Waals surface area contributed by atoms with Gasteiger partial charge in [-0.15, -0.1) is 0 Å². The summed E-state index contributed by atoms with van der Waals surface area (Å²) in [7, 11) is -3.48. The Kier molecular flexibility index (Phi) is 5.00. The van der Waals surface area contributed by atoms with Gasteiger partial charge in [0, 0.05) is 45.8 Å². The average molecular weight is 394 g/mol. The van der Waals surface area contributed by atoms with Crippen molar-refractivity contribution in [2.24, 2.45) is 0 Å². The second-order valence-corrected chi connectivity index (χ2v) is 10.0. The normalized spacial score (nSPS) is 29.1. The Morgan fingerprint density at radius 1 is 0.926 bits per heavy atom. The molecule has 5 rings (SSSR count). The van der Waals surface area contributed by atoms with E-state index >= 15 is 0 Å². The first-order valence-corrected chi connectivity index (χ1v) is 11.2. The summed E-state index contributed by atoms with van der Waals surface area (Å²) in [4.78, 5) is 17.5. The molecule has 1 aromatic rings. The van der Waals surface area contributed by atoms with E-state index in [1.165, 1.54) is 4.31 Å². The van der Waals surface area contributed by atoms with E-state index in [0.29, 0.717) is 37.6 Å². The molecule has 4 aliphatic heterocycles. The molecule has 27 heavy (non-hydrogen) atoms. The van der Waals surface area contributed by atoms with Gasteiger partial charge in [-0.1, -0.05) is 17.7 Å². The standard InChI is InChI=1S/C19H29N4O3S/c1-17-2-4-18(5-3-17)27(25,26)22-8-6-21(7-9-22)19(24)16-23-13-10-20(11-14-23)12-15-23/h2-5H,6-16H2,1H3/q+1. The molecule has 4 saturated heterocycles. The van der Waals surface area contributed by atoms with Gasteiger partial charge in [0.1, 0.15) is 0 Å². The quantitative estimate of drug-likeness (QED) is 0.675. The Bertz CT molecular complexity index is 779. The van der Waals surface area contributed by atoms with Gasteiger partial charge in [-0.3, -0.25) is 9.69 Å². The van der Waals surface area contributed by atoms with Crippen LogP contribution < -0.4 is 0 Å². The van der Waals surface area contributed by atoms with E-state index in [1.807, 2.05) is 24.0 Å². The van der Waals surface area contributed by atoms with Gasteiger partial charge in [-0.25, -0.2) is 8.42 Å². The maximum atomic E-state index is 12.8. The molecule has 4 aliphatic rings. The fourth-order valence-corrected chi connectivity index (χ4v) is 5.81. The van der Waals surface area contributed by atoms with E-state index in [-0.39, 0.29) is 5.91 Å². The van der Waals surface area contributed by atoms with Gasteiger partial charge in [0.05, 0.1) is 24.5 Å². The molecule has 0 aliphatic carbocycles. The van der Waals surface area contributed by atoms with Crippen LogP contribution in [0.5, 0.6) is 0 Å².